The summed E-state index contributed by atoms with van der Waals surface area (Å²) in [6, 6.07) is 5.83. The van der Waals surface area contributed by atoms with Gasteiger partial charge in [-0.05, 0) is 18.6 Å². The first kappa shape index (κ1) is 14.9. The molecule has 0 saturated carbocycles. The van der Waals surface area contributed by atoms with Gasteiger partial charge in [0.1, 0.15) is 0 Å². The first-order valence-electron chi connectivity index (χ1n) is 5.54. The van der Waals surface area contributed by atoms with Gasteiger partial charge in [-0.3, -0.25) is 4.79 Å². The zero-order valence-electron chi connectivity index (χ0n) is 9.90. The Hall–Kier alpha value is -1.14. The summed E-state index contributed by atoms with van der Waals surface area (Å²) < 4.78 is 24.7. The summed E-state index contributed by atoms with van der Waals surface area (Å²) in [7, 11) is 0. The van der Waals surface area contributed by atoms with Gasteiger partial charge in [-0.2, -0.15) is 8.78 Å². The van der Waals surface area contributed by atoms with E-state index in [9.17, 15) is 13.6 Å². The van der Waals surface area contributed by atoms with Gasteiger partial charge in [-0.15, -0.1) is 0 Å². The van der Waals surface area contributed by atoms with Crippen molar-refractivity contribution < 1.29 is 18.7 Å². The summed E-state index contributed by atoms with van der Waals surface area (Å²) in [6.07, 6.45) is 0.576. The van der Waals surface area contributed by atoms with E-state index in [0.717, 1.165) is 0 Å². The van der Waals surface area contributed by atoms with Crippen molar-refractivity contribution in [1.82, 2.24) is 5.32 Å². The van der Waals surface area contributed by atoms with Crippen molar-refractivity contribution in [3.63, 3.8) is 0 Å². The van der Waals surface area contributed by atoms with Crippen LogP contribution >= 0.6 is 11.8 Å². The lowest BCUT2D eigenvalue weighted by molar-refractivity contribution is 0.0912. The second-order valence-corrected chi connectivity index (χ2v) is 4.67. The number of carbonyl (C=O) groups excluding carboxylic acids is 1. The summed E-state index contributed by atoms with van der Waals surface area (Å²) in [4.78, 5) is 12.1. The maximum absolute atomic E-state index is 12.4. The van der Waals surface area contributed by atoms with Crippen LogP contribution in [-0.2, 0) is 0 Å². The lowest BCUT2D eigenvalue weighted by atomic mass is 10.2. The number of rotatable bonds is 6. The van der Waals surface area contributed by atoms with E-state index >= 15 is 0 Å². The molecule has 1 atom stereocenters. The third kappa shape index (κ3) is 4.27. The van der Waals surface area contributed by atoms with Gasteiger partial charge < -0.3 is 10.4 Å². The normalized spacial score (nSPS) is 12.5. The van der Waals surface area contributed by atoms with E-state index in [0.29, 0.717) is 18.2 Å². The minimum atomic E-state index is -2.57. The van der Waals surface area contributed by atoms with Crippen molar-refractivity contribution in [2.75, 3.05) is 6.61 Å². The fourth-order valence-electron chi connectivity index (χ4n) is 1.39. The number of halogens is 2. The smallest absolute Gasteiger partial charge is 0.288 e. The van der Waals surface area contributed by atoms with Crippen LogP contribution in [0, 0.1) is 0 Å². The zero-order chi connectivity index (χ0) is 13.5. The summed E-state index contributed by atoms with van der Waals surface area (Å²) in [6.45, 7) is 1.65. The number of aliphatic hydroxyl groups is 1. The number of benzene rings is 1. The Bertz CT molecular complexity index is 397. The first-order valence-corrected chi connectivity index (χ1v) is 6.42. The van der Waals surface area contributed by atoms with E-state index < -0.39 is 11.7 Å². The first-order chi connectivity index (χ1) is 8.58. The predicted octanol–water partition coefficient (Wildman–Crippen LogP) is 2.50. The van der Waals surface area contributed by atoms with Crippen LogP contribution in [0.1, 0.15) is 23.7 Å². The van der Waals surface area contributed by atoms with Crippen molar-refractivity contribution in [2.45, 2.75) is 30.0 Å². The lowest BCUT2D eigenvalue weighted by Gasteiger charge is -2.15. The fraction of sp³-hybridized carbons (Fsp3) is 0.417. The highest BCUT2D eigenvalue weighted by Crippen LogP contribution is 2.28. The topological polar surface area (TPSA) is 49.3 Å². The second kappa shape index (κ2) is 7.33. The van der Waals surface area contributed by atoms with Gasteiger partial charge in [0, 0.05) is 4.90 Å². The van der Waals surface area contributed by atoms with E-state index in [-0.39, 0.29) is 23.1 Å². The van der Waals surface area contributed by atoms with Crippen LogP contribution in [0.3, 0.4) is 0 Å². The average Bonchev–Trinajstić information content (AvgIpc) is 2.35. The van der Waals surface area contributed by atoms with Crippen molar-refractivity contribution >= 4 is 17.7 Å². The zero-order valence-corrected chi connectivity index (χ0v) is 10.7. The van der Waals surface area contributed by atoms with Crippen LogP contribution in [0.2, 0.25) is 0 Å². The number of hydrogen-bond donors (Lipinski definition) is 2. The van der Waals surface area contributed by atoms with Gasteiger partial charge >= 0.3 is 0 Å². The standard InChI is InChI=1S/C12H15F2NO2S/c1-2-8(7-16)15-11(17)9-5-3-4-6-10(9)18-12(13)14/h3-6,8,12,16H,2,7H2,1H3,(H,15,17)/t8-/m1/s1. The number of hydrogen-bond acceptors (Lipinski definition) is 3. The van der Waals surface area contributed by atoms with Crippen LogP contribution in [-0.4, -0.2) is 29.4 Å². The van der Waals surface area contributed by atoms with Crippen LogP contribution in [0.4, 0.5) is 8.78 Å². The molecule has 2 N–H and O–H groups in total. The van der Waals surface area contributed by atoms with Gasteiger partial charge in [0.05, 0.1) is 18.2 Å². The molecule has 1 aromatic rings. The highest BCUT2D eigenvalue weighted by atomic mass is 32.2. The molecule has 0 unspecified atom stereocenters. The summed E-state index contributed by atoms with van der Waals surface area (Å²) in [5.74, 6) is -3.02. The van der Waals surface area contributed by atoms with Gasteiger partial charge in [-0.1, -0.05) is 30.8 Å². The van der Waals surface area contributed by atoms with E-state index in [4.69, 9.17) is 5.11 Å². The number of nitrogens with one attached hydrogen (secondary N) is 1. The molecule has 0 bridgehead atoms. The Morgan fingerprint density at radius 3 is 2.67 bits per heavy atom. The SMILES string of the molecule is CC[C@H](CO)NC(=O)c1ccccc1SC(F)F. The predicted molar refractivity (Wildman–Crippen MR) is 66.9 cm³/mol. The molecule has 6 heteroatoms. The van der Waals surface area contributed by atoms with Crippen molar-refractivity contribution in [3.8, 4) is 0 Å². The molecule has 0 heterocycles. The minimum Gasteiger partial charge on any atom is -0.394 e. The molecule has 0 fully saturated rings. The van der Waals surface area contributed by atoms with Crippen molar-refractivity contribution in [1.29, 1.82) is 0 Å². The molecular weight excluding hydrogens is 260 g/mol. The largest absolute Gasteiger partial charge is 0.394 e. The Morgan fingerprint density at radius 2 is 2.11 bits per heavy atom. The molecule has 100 valence electrons. The minimum absolute atomic E-state index is 0.174. The lowest BCUT2D eigenvalue weighted by Crippen LogP contribution is -2.37. The molecule has 1 amide bonds. The van der Waals surface area contributed by atoms with Crippen LogP contribution in [0.5, 0.6) is 0 Å². The maximum atomic E-state index is 12.4. The molecule has 1 rings (SSSR count). The molecule has 0 radical (unpaired) electrons. The maximum Gasteiger partial charge on any atom is 0.288 e. The third-order valence-electron chi connectivity index (χ3n) is 2.40. The molecule has 0 spiro atoms. The molecule has 1 aromatic carbocycles. The number of alkyl halides is 2. The number of carbonyl (C=O) groups is 1. The van der Waals surface area contributed by atoms with Crippen LogP contribution in [0.15, 0.2) is 29.2 Å². The fourth-order valence-corrected chi connectivity index (χ4v) is 2.03. The number of thioether (sulfide) groups is 1. The quantitative estimate of drug-likeness (QED) is 0.784. The summed E-state index contributed by atoms with van der Waals surface area (Å²) >= 11 is 0.339. The van der Waals surface area contributed by atoms with E-state index in [1.54, 1.807) is 12.1 Å². The Morgan fingerprint density at radius 1 is 1.44 bits per heavy atom. The molecule has 0 aliphatic carbocycles. The molecule has 0 saturated heterocycles. The van der Waals surface area contributed by atoms with E-state index in [1.807, 2.05) is 6.92 Å². The molecule has 0 aromatic heterocycles. The van der Waals surface area contributed by atoms with E-state index in [1.165, 1.54) is 12.1 Å². The van der Waals surface area contributed by atoms with E-state index in [2.05, 4.69) is 5.32 Å². The Labute approximate surface area is 109 Å². The summed E-state index contributed by atoms with van der Waals surface area (Å²) in [5.41, 5.74) is 0.203. The highest BCUT2D eigenvalue weighted by molar-refractivity contribution is 7.99. The van der Waals surface area contributed by atoms with Gasteiger partial charge in [0.15, 0.2) is 0 Å². The number of amides is 1. The molecule has 0 aliphatic rings. The van der Waals surface area contributed by atoms with Crippen LogP contribution in [0.25, 0.3) is 0 Å². The van der Waals surface area contributed by atoms with Gasteiger partial charge in [0.25, 0.3) is 11.7 Å². The third-order valence-corrected chi connectivity index (χ3v) is 3.18. The van der Waals surface area contributed by atoms with Crippen LogP contribution < -0.4 is 5.32 Å². The average molecular weight is 275 g/mol. The molecule has 18 heavy (non-hydrogen) atoms. The van der Waals surface area contributed by atoms with Crippen molar-refractivity contribution in [2.24, 2.45) is 0 Å². The monoisotopic (exact) mass is 275 g/mol. The Balaban J connectivity index is 2.84. The van der Waals surface area contributed by atoms with Gasteiger partial charge in [0.2, 0.25) is 0 Å². The van der Waals surface area contributed by atoms with Gasteiger partial charge in [-0.25, -0.2) is 0 Å². The molecule has 3 nitrogen and oxygen atoms in total. The Kier molecular flexibility index (Phi) is 6.07. The van der Waals surface area contributed by atoms with Crippen molar-refractivity contribution in [3.05, 3.63) is 29.8 Å². The molecule has 0 aliphatic heterocycles. The number of aliphatic hydroxyl groups excluding tert-OH is 1. The summed E-state index contributed by atoms with van der Waals surface area (Å²) in [5, 5.41) is 11.6. The second-order valence-electron chi connectivity index (χ2n) is 3.64. The molecular formula is C12H15F2NO2S. The highest BCUT2D eigenvalue weighted by Gasteiger charge is 2.17.